The Morgan fingerprint density at radius 1 is 1.41 bits per heavy atom. The average Bonchev–Trinajstić information content (AvgIpc) is 2.82. The molecule has 0 saturated heterocycles. The molecule has 0 spiro atoms. The third-order valence-corrected chi connectivity index (χ3v) is 4.15. The van der Waals surface area contributed by atoms with Crippen LogP contribution in [0.4, 0.5) is 0 Å². The molecule has 0 atom stereocenters. The van der Waals surface area contributed by atoms with Crippen molar-refractivity contribution in [3.8, 4) is 5.75 Å². The van der Waals surface area contributed by atoms with Crippen LogP contribution in [0.2, 0.25) is 0 Å². The molecular weight excluding hydrogens is 329 g/mol. The summed E-state index contributed by atoms with van der Waals surface area (Å²) in [7, 11) is 0. The molecule has 1 aromatic rings. The van der Waals surface area contributed by atoms with Gasteiger partial charge in [-0.2, -0.15) is 0 Å². The molecule has 1 aromatic carbocycles. The van der Waals surface area contributed by atoms with Crippen molar-refractivity contribution < 1.29 is 9.90 Å². The van der Waals surface area contributed by atoms with E-state index in [1.165, 1.54) is 31.7 Å². The number of hydrogen-bond acceptors (Lipinski definition) is 2. The second-order valence-electron chi connectivity index (χ2n) is 4.53. The summed E-state index contributed by atoms with van der Waals surface area (Å²) in [6.45, 7) is 0.756. The van der Waals surface area contributed by atoms with Crippen LogP contribution >= 0.6 is 22.6 Å². The largest absolute Gasteiger partial charge is 0.507 e. The molecule has 1 aliphatic rings. The molecule has 2 rings (SSSR count). The molecule has 0 aromatic heterocycles. The van der Waals surface area contributed by atoms with Gasteiger partial charge in [0.15, 0.2) is 0 Å². The zero-order valence-electron chi connectivity index (χ0n) is 9.58. The first-order chi connectivity index (χ1) is 8.16. The van der Waals surface area contributed by atoms with Crippen molar-refractivity contribution >= 4 is 28.5 Å². The van der Waals surface area contributed by atoms with Crippen LogP contribution in [-0.2, 0) is 0 Å². The van der Waals surface area contributed by atoms with Crippen LogP contribution in [0.1, 0.15) is 36.0 Å². The van der Waals surface area contributed by atoms with Crippen LogP contribution in [0.15, 0.2) is 18.2 Å². The number of amides is 1. The highest BCUT2D eigenvalue weighted by Gasteiger charge is 2.16. The summed E-state index contributed by atoms with van der Waals surface area (Å²) in [5.41, 5.74) is 0.529. The van der Waals surface area contributed by atoms with Gasteiger partial charge < -0.3 is 10.4 Å². The first kappa shape index (κ1) is 12.7. The fourth-order valence-corrected chi connectivity index (χ4v) is 2.54. The highest BCUT2D eigenvalue weighted by Crippen LogP contribution is 2.24. The number of phenolic OH excluding ortho intramolecular Hbond substituents is 1. The summed E-state index contributed by atoms with van der Waals surface area (Å²) < 4.78 is 0.759. The van der Waals surface area contributed by atoms with Gasteiger partial charge >= 0.3 is 0 Å². The summed E-state index contributed by atoms with van der Waals surface area (Å²) in [4.78, 5) is 11.8. The van der Waals surface area contributed by atoms with Crippen LogP contribution < -0.4 is 5.32 Å². The number of carbonyl (C=O) groups excluding carboxylic acids is 1. The quantitative estimate of drug-likeness (QED) is 0.828. The van der Waals surface area contributed by atoms with Crippen molar-refractivity contribution in [3.63, 3.8) is 0 Å². The van der Waals surface area contributed by atoms with E-state index >= 15 is 0 Å². The van der Waals surface area contributed by atoms with E-state index in [2.05, 4.69) is 5.32 Å². The first-order valence-corrected chi connectivity index (χ1v) is 7.01. The molecule has 1 amide bonds. The molecular formula is C13H16INO2. The number of hydrogen-bond donors (Lipinski definition) is 2. The predicted octanol–water partition coefficient (Wildman–Crippen LogP) is 2.92. The third-order valence-electron chi connectivity index (χ3n) is 3.23. The van der Waals surface area contributed by atoms with Gasteiger partial charge in [0.05, 0.1) is 3.57 Å². The Hall–Kier alpha value is -0.780. The molecule has 1 fully saturated rings. The Labute approximate surface area is 115 Å². The number of halogens is 1. The van der Waals surface area contributed by atoms with Crippen LogP contribution in [0.3, 0.4) is 0 Å². The van der Waals surface area contributed by atoms with E-state index in [1.54, 1.807) is 12.1 Å². The van der Waals surface area contributed by atoms with Gasteiger partial charge in [-0.05, 0) is 59.5 Å². The van der Waals surface area contributed by atoms with E-state index < -0.39 is 0 Å². The maximum Gasteiger partial charge on any atom is 0.251 e. The molecule has 0 heterocycles. The van der Waals surface area contributed by atoms with Gasteiger partial charge in [0.1, 0.15) is 5.75 Å². The van der Waals surface area contributed by atoms with Crippen molar-refractivity contribution in [3.05, 3.63) is 27.3 Å². The SMILES string of the molecule is O=C(NCC1CCCC1)c1ccc(I)c(O)c1. The molecule has 4 heteroatoms. The van der Waals surface area contributed by atoms with Crippen molar-refractivity contribution in [2.24, 2.45) is 5.92 Å². The Morgan fingerprint density at radius 3 is 2.76 bits per heavy atom. The molecule has 2 N–H and O–H groups in total. The Kier molecular flexibility index (Phi) is 4.25. The second-order valence-corrected chi connectivity index (χ2v) is 5.69. The van der Waals surface area contributed by atoms with Gasteiger partial charge in [-0.15, -0.1) is 0 Å². The van der Waals surface area contributed by atoms with Crippen LogP contribution in [0, 0.1) is 9.49 Å². The minimum atomic E-state index is -0.0939. The zero-order chi connectivity index (χ0) is 12.3. The van der Waals surface area contributed by atoms with Gasteiger partial charge in [-0.25, -0.2) is 0 Å². The Bertz CT molecular complexity index is 414. The molecule has 0 unspecified atom stereocenters. The third kappa shape index (κ3) is 3.34. The van der Waals surface area contributed by atoms with Crippen molar-refractivity contribution in [1.29, 1.82) is 0 Å². The second kappa shape index (κ2) is 5.71. The lowest BCUT2D eigenvalue weighted by Gasteiger charge is -2.10. The summed E-state index contributed by atoms with van der Waals surface area (Å²) in [5, 5.41) is 12.5. The lowest BCUT2D eigenvalue weighted by molar-refractivity contribution is 0.0947. The fraction of sp³-hybridized carbons (Fsp3) is 0.462. The first-order valence-electron chi connectivity index (χ1n) is 5.93. The highest BCUT2D eigenvalue weighted by molar-refractivity contribution is 14.1. The standard InChI is InChI=1S/C13H16INO2/c14-11-6-5-10(7-12(11)16)13(17)15-8-9-3-1-2-4-9/h5-7,9,16H,1-4,8H2,(H,15,17). The maximum absolute atomic E-state index is 11.8. The van der Waals surface area contributed by atoms with Gasteiger partial charge in [-0.3, -0.25) is 4.79 Å². The van der Waals surface area contributed by atoms with Crippen molar-refractivity contribution in [2.75, 3.05) is 6.54 Å². The predicted molar refractivity (Wildman–Crippen MR) is 75.1 cm³/mol. The lowest BCUT2D eigenvalue weighted by atomic mass is 10.1. The van der Waals surface area contributed by atoms with E-state index in [4.69, 9.17) is 0 Å². The Morgan fingerprint density at radius 2 is 2.12 bits per heavy atom. The molecule has 0 bridgehead atoms. The molecule has 17 heavy (non-hydrogen) atoms. The monoisotopic (exact) mass is 345 g/mol. The van der Waals surface area contributed by atoms with E-state index in [0.29, 0.717) is 11.5 Å². The van der Waals surface area contributed by atoms with Crippen molar-refractivity contribution in [2.45, 2.75) is 25.7 Å². The number of aromatic hydroxyl groups is 1. The van der Waals surface area contributed by atoms with Gasteiger partial charge in [0.2, 0.25) is 0 Å². The van der Waals surface area contributed by atoms with E-state index in [1.807, 2.05) is 22.6 Å². The van der Waals surface area contributed by atoms with E-state index in [0.717, 1.165) is 10.1 Å². The minimum absolute atomic E-state index is 0.0939. The van der Waals surface area contributed by atoms with E-state index in [-0.39, 0.29) is 11.7 Å². The Balaban J connectivity index is 1.92. The fourth-order valence-electron chi connectivity index (χ4n) is 2.21. The molecule has 0 radical (unpaired) electrons. The van der Waals surface area contributed by atoms with Crippen LogP contribution in [0.5, 0.6) is 5.75 Å². The van der Waals surface area contributed by atoms with Gasteiger partial charge in [-0.1, -0.05) is 12.8 Å². The number of nitrogens with one attached hydrogen (secondary N) is 1. The van der Waals surface area contributed by atoms with Crippen molar-refractivity contribution in [1.82, 2.24) is 5.32 Å². The van der Waals surface area contributed by atoms with Crippen LogP contribution in [0.25, 0.3) is 0 Å². The number of carbonyl (C=O) groups is 1. The molecule has 1 saturated carbocycles. The normalized spacial score (nSPS) is 16.1. The maximum atomic E-state index is 11.8. The smallest absolute Gasteiger partial charge is 0.251 e. The topological polar surface area (TPSA) is 49.3 Å². The summed E-state index contributed by atoms with van der Waals surface area (Å²) in [6.07, 6.45) is 5.01. The lowest BCUT2D eigenvalue weighted by Crippen LogP contribution is -2.28. The number of benzene rings is 1. The van der Waals surface area contributed by atoms with Crippen LogP contribution in [-0.4, -0.2) is 17.6 Å². The molecule has 0 aliphatic heterocycles. The minimum Gasteiger partial charge on any atom is -0.507 e. The van der Waals surface area contributed by atoms with Gasteiger partial charge in [0, 0.05) is 12.1 Å². The van der Waals surface area contributed by atoms with Gasteiger partial charge in [0.25, 0.3) is 5.91 Å². The summed E-state index contributed by atoms with van der Waals surface area (Å²) in [5.74, 6) is 0.708. The average molecular weight is 345 g/mol. The molecule has 92 valence electrons. The summed E-state index contributed by atoms with van der Waals surface area (Å²) >= 11 is 2.03. The molecule has 3 nitrogen and oxygen atoms in total. The highest BCUT2D eigenvalue weighted by atomic mass is 127. The van der Waals surface area contributed by atoms with E-state index in [9.17, 15) is 9.90 Å². The summed E-state index contributed by atoms with van der Waals surface area (Å²) in [6, 6.07) is 5.01. The zero-order valence-corrected chi connectivity index (χ0v) is 11.7. The molecule has 1 aliphatic carbocycles. The number of phenols is 1. The number of rotatable bonds is 3.